The lowest BCUT2D eigenvalue weighted by molar-refractivity contribution is -0.662. The Morgan fingerprint density at radius 1 is 1.03 bits per heavy atom. The van der Waals surface area contributed by atoms with Gasteiger partial charge in [0.1, 0.15) is 16.9 Å². The van der Waals surface area contributed by atoms with Gasteiger partial charge in [-0.15, -0.1) is 0 Å². The molecule has 0 saturated carbocycles. The van der Waals surface area contributed by atoms with Gasteiger partial charge in [-0.2, -0.15) is 13.2 Å². The maximum atomic E-state index is 13.5. The van der Waals surface area contributed by atoms with Gasteiger partial charge in [0.2, 0.25) is 0 Å². The van der Waals surface area contributed by atoms with E-state index in [9.17, 15) is 13.2 Å². The zero-order valence-electron chi connectivity index (χ0n) is 17.8. The van der Waals surface area contributed by atoms with Gasteiger partial charge in [0, 0.05) is 0 Å². The summed E-state index contributed by atoms with van der Waals surface area (Å²) in [5, 5.41) is 3.02. The van der Waals surface area contributed by atoms with Gasteiger partial charge in [0.05, 0.1) is 18.0 Å². The lowest BCUT2D eigenvalue weighted by atomic mass is 9.84. The summed E-state index contributed by atoms with van der Waals surface area (Å²) in [4.78, 5) is 4.50. The SMILES string of the molecule is Cc1c2c(cc3ccccc13)Oc1cc(CC(C)(C)C(F)(F)F)cc3nc[n+](C)c-2c13. The van der Waals surface area contributed by atoms with E-state index >= 15 is 0 Å². The molecule has 0 saturated heterocycles. The third kappa shape index (κ3) is 2.96. The summed E-state index contributed by atoms with van der Waals surface area (Å²) in [6.45, 7) is 4.51. The summed E-state index contributed by atoms with van der Waals surface area (Å²) in [6, 6.07) is 13.6. The molecular formula is C25H22F3N2O+. The van der Waals surface area contributed by atoms with Gasteiger partial charge in [-0.25, -0.2) is 4.57 Å². The first-order chi connectivity index (χ1) is 14.6. The van der Waals surface area contributed by atoms with Crippen molar-refractivity contribution in [2.24, 2.45) is 12.5 Å². The number of ether oxygens (including phenoxy) is 1. The zero-order valence-corrected chi connectivity index (χ0v) is 17.8. The summed E-state index contributed by atoms with van der Waals surface area (Å²) in [6.07, 6.45) is -2.74. The fraction of sp³-hybridized carbons (Fsp3) is 0.280. The summed E-state index contributed by atoms with van der Waals surface area (Å²) in [7, 11) is 1.93. The van der Waals surface area contributed by atoms with Gasteiger partial charge in [-0.3, -0.25) is 0 Å². The highest BCUT2D eigenvalue weighted by Crippen LogP contribution is 2.49. The molecule has 0 amide bonds. The molecule has 5 rings (SSSR count). The van der Waals surface area contributed by atoms with Crippen LogP contribution in [0.5, 0.6) is 11.5 Å². The van der Waals surface area contributed by atoms with Gasteiger partial charge >= 0.3 is 6.18 Å². The van der Waals surface area contributed by atoms with Crippen molar-refractivity contribution in [2.75, 3.05) is 0 Å². The van der Waals surface area contributed by atoms with Gasteiger partial charge in [-0.1, -0.05) is 38.1 Å². The largest absolute Gasteiger partial charge is 0.456 e. The molecule has 31 heavy (non-hydrogen) atoms. The number of aromatic nitrogens is 2. The first kappa shape index (κ1) is 19.8. The predicted molar refractivity (Wildman–Crippen MR) is 114 cm³/mol. The fourth-order valence-electron chi connectivity index (χ4n) is 4.46. The Balaban J connectivity index is 1.77. The molecule has 0 aliphatic carbocycles. The minimum absolute atomic E-state index is 0.148. The van der Waals surface area contributed by atoms with Crippen LogP contribution in [-0.2, 0) is 13.5 Å². The molecule has 1 aliphatic rings. The van der Waals surface area contributed by atoms with Crippen LogP contribution in [0.1, 0.15) is 25.0 Å². The molecule has 6 heteroatoms. The summed E-state index contributed by atoms with van der Waals surface area (Å²) < 4.78 is 48.7. The average Bonchev–Trinajstić information content (AvgIpc) is 2.69. The zero-order chi connectivity index (χ0) is 22.1. The highest BCUT2D eigenvalue weighted by atomic mass is 19.4. The molecule has 4 aromatic rings. The van der Waals surface area contributed by atoms with Crippen LogP contribution in [0.15, 0.2) is 48.8 Å². The van der Waals surface area contributed by atoms with Crippen molar-refractivity contribution in [1.29, 1.82) is 0 Å². The van der Waals surface area contributed by atoms with Crippen LogP contribution in [0, 0.1) is 12.3 Å². The lowest BCUT2D eigenvalue weighted by Gasteiger charge is -2.28. The third-order valence-corrected chi connectivity index (χ3v) is 6.24. The minimum atomic E-state index is -4.30. The van der Waals surface area contributed by atoms with Gasteiger partial charge in [-0.05, 0) is 58.4 Å². The molecule has 158 valence electrons. The van der Waals surface area contributed by atoms with Crippen LogP contribution in [0.4, 0.5) is 13.2 Å². The van der Waals surface area contributed by atoms with E-state index in [1.807, 2.05) is 35.9 Å². The molecule has 3 nitrogen and oxygen atoms in total. The number of rotatable bonds is 2. The molecule has 0 N–H and O–H groups in total. The Hall–Kier alpha value is -3.15. The highest BCUT2D eigenvalue weighted by Gasteiger charge is 2.47. The molecule has 0 spiro atoms. The number of hydrogen-bond acceptors (Lipinski definition) is 2. The molecular weight excluding hydrogens is 401 g/mol. The second-order valence-electron chi connectivity index (χ2n) is 8.95. The number of fused-ring (bicyclic) bond motifs is 3. The van der Waals surface area contributed by atoms with Gasteiger partial charge in [0.15, 0.2) is 11.2 Å². The normalized spacial score (nSPS) is 13.4. The van der Waals surface area contributed by atoms with E-state index in [2.05, 4.69) is 18.0 Å². The number of aryl methyl sites for hydroxylation is 2. The second kappa shape index (κ2) is 6.42. The van der Waals surface area contributed by atoms with E-state index in [-0.39, 0.29) is 6.42 Å². The van der Waals surface area contributed by atoms with Crippen molar-refractivity contribution in [1.82, 2.24) is 4.98 Å². The van der Waals surface area contributed by atoms with Gasteiger partial charge < -0.3 is 4.74 Å². The molecule has 1 aromatic heterocycles. The van der Waals surface area contributed by atoms with Crippen LogP contribution in [-0.4, -0.2) is 11.2 Å². The highest BCUT2D eigenvalue weighted by molar-refractivity contribution is 6.04. The van der Waals surface area contributed by atoms with Crippen LogP contribution in [0.3, 0.4) is 0 Å². The van der Waals surface area contributed by atoms with E-state index in [0.717, 1.165) is 33.0 Å². The van der Waals surface area contributed by atoms with Crippen molar-refractivity contribution in [3.05, 3.63) is 59.9 Å². The molecule has 1 aliphatic heterocycles. The predicted octanol–water partition coefficient (Wildman–Crippen LogP) is 6.42. The van der Waals surface area contributed by atoms with E-state index < -0.39 is 11.6 Å². The Bertz CT molecular complexity index is 1370. The summed E-state index contributed by atoms with van der Waals surface area (Å²) in [5.41, 5.74) is 2.39. The van der Waals surface area contributed by atoms with Crippen molar-refractivity contribution in [3.8, 4) is 22.8 Å². The average molecular weight is 423 g/mol. The number of nitrogens with zero attached hydrogens (tertiary/aromatic N) is 2. The number of alkyl halides is 3. The molecule has 0 unspecified atom stereocenters. The van der Waals surface area contributed by atoms with Crippen LogP contribution in [0.2, 0.25) is 0 Å². The van der Waals surface area contributed by atoms with E-state index in [4.69, 9.17) is 4.74 Å². The maximum absolute atomic E-state index is 13.5. The fourth-order valence-corrected chi connectivity index (χ4v) is 4.46. The maximum Gasteiger partial charge on any atom is 0.394 e. The standard InChI is InChI=1S/C25H22F3N2O/c1-14-17-8-6-5-7-16(17)11-20-21(14)23-22-18(29-13-30(23)4)9-15(10-19(22)31-20)12-24(2,3)25(26,27)28/h5-11,13H,12H2,1-4H3/q+1. The van der Waals surface area contributed by atoms with Crippen LogP contribution in [0.25, 0.3) is 32.9 Å². The number of halogens is 3. The molecule has 0 atom stereocenters. The minimum Gasteiger partial charge on any atom is -0.456 e. The molecule has 3 aromatic carbocycles. The van der Waals surface area contributed by atoms with Crippen molar-refractivity contribution in [2.45, 2.75) is 33.4 Å². The summed E-state index contributed by atoms with van der Waals surface area (Å²) >= 11 is 0. The monoisotopic (exact) mass is 423 g/mol. The Labute approximate surface area is 178 Å². The number of benzene rings is 3. The molecule has 0 radical (unpaired) electrons. The first-order valence-corrected chi connectivity index (χ1v) is 10.2. The molecule has 2 heterocycles. The quantitative estimate of drug-likeness (QED) is 0.306. The summed E-state index contributed by atoms with van der Waals surface area (Å²) in [5.74, 6) is 1.25. The number of hydrogen-bond donors (Lipinski definition) is 0. The third-order valence-electron chi connectivity index (χ3n) is 6.24. The van der Waals surface area contributed by atoms with Crippen LogP contribution < -0.4 is 9.30 Å². The molecule has 0 fully saturated rings. The first-order valence-electron chi connectivity index (χ1n) is 10.2. The van der Waals surface area contributed by atoms with Crippen molar-refractivity contribution >= 4 is 21.7 Å². The van der Waals surface area contributed by atoms with E-state index in [1.54, 1.807) is 18.5 Å². The molecule has 0 bridgehead atoms. The van der Waals surface area contributed by atoms with Crippen molar-refractivity contribution in [3.63, 3.8) is 0 Å². The Kier molecular flexibility index (Phi) is 4.10. The topological polar surface area (TPSA) is 26.0 Å². The van der Waals surface area contributed by atoms with Gasteiger partial charge in [0.25, 0.3) is 6.33 Å². The van der Waals surface area contributed by atoms with E-state index in [1.165, 1.54) is 13.8 Å². The van der Waals surface area contributed by atoms with Crippen molar-refractivity contribution < 1.29 is 22.5 Å². The lowest BCUT2D eigenvalue weighted by Crippen LogP contribution is -2.34. The Morgan fingerprint density at radius 2 is 1.77 bits per heavy atom. The second-order valence-corrected chi connectivity index (χ2v) is 8.95. The van der Waals surface area contributed by atoms with Crippen LogP contribution >= 0.6 is 0 Å². The van der Waals surface area contributed by atoms with E-state index in [0.29, 0.717) is 22.6 Å². The Morgan fingerprint density at radius 3 is 2.52 bits per heavy atom. The smallest absolute Gasteiger partial charge is 0.394 e.